The molecular weight excluding hydrogens is 378 g/mol. The number of hydrogen-bond acceptors (Lipinski definition) is 3. The zero-order valence-electron chi connectivity index (χ0n) is 14.8. The summed E-state index contributed by atoms with van der Waals surface area (Å²) in [6.07, 6.45) is -1.48. The van der Waals surface area contributed by atoms with E-state index in [9.17, 15) is 18.0 Å². The lowest BCUT2D eigenvalue weighted by Gasteiger charge is -2.39. The number of alkyl halides is 3. The molecular formula is C16H30Cl2F3N3O. The Hall–Kier alpha value is -0.240. The van der Waals surface area contributed by atoms with E-state index in [1.165, 1.54) is 11.8 Å². The third-order valence-electron chi connectivity index (χ3n) is 5.37. The lowest BCUT2D eigenvalue weighted by Crippen LogP contribution is -2.55. The Bertz CT molecular complexity index is 399. The molecule has 0 aromatic carbocycles. The van der Waals surface area contributed by atoms with Crippen molar-refractivity contribution >= 4 is 30.7 Å². The number of halogens is 5. The third-order valence-corrected chi connectivity index (χ3v) is 5.37. The summed E-state index contributed by atoms with van der Waals surface area (Å²) < 4.78 is 38.2. The van der Waals surface area contributed by atoms with Crippen LogP contribution in [0, 0.1) is 11.8 Å². The maximum atomic E-state index is 12.7. The molecule has 4 nitrogen and oxygen atoms in total. The Morgan fingerprint density at radius 1 is 1.08 bits per heavy atom. The fourth-order valence-corrected chi connectivity index (χ4v) is 3.55. The topological polar surface area (TPSA) is 35.6 Å². The van der Waals surface area contributed by atoms with Crippen LogP contribution in [0.5, 0.6) is 0 Å². The summed E-state index contributed by atoms with van der Waals surface area (Å²) in [6, 6.07) is -1.44. The zero-order valence-corrected chi connectivity index (χ0v) is 16.5. The Labute approximate surface area is 160 Å². The predicted octanol–water partition coefficient (Wildman–Crippen LogP) is 2.95. The first-order chi connectivity index (χ1) is 10.8. The number of nitrogens with zero attached hydrogens (tertiary/aromatic N) is 2. The van der Waals surface area contributed by atoms with E-state index in [2.05, 4.69) is 12.2 Å². The smallest absolute Gasteiger partial charge is 0.340 e. The van der Waals surface area contributed by atoms with Crippen molar-refractivity contribution in [3.05, 3.63) is 0 Å². The molecule has 2 unspecified atom stereocenters. The van der Waals surface area contributed by atoms with Gasteiger partial charge in [-0.25, -0.2) is 0 Å². The van der Waals surface area contributed by atoms with Gasteiger partial charge in [-0.05, 0) is 44.7 Å². The molecule has 0 aliphatic carbocycles. The van der Waals surface area contributed by atoms with E-state index in [-0.39, 0.29) is 30.7 Å². The minimum absolute atomic E-state index is 0. The van der Waals surface area contributed by atoms with Crippen molar-refractivity contribution in [3.63, 3.8) is 0 Å². The van der Waals surface area contributed by atoms with E-state index in [0.717, 1.165) is 25.9 Å². The number of amides is 1. The van der Waals surface area contributed by atoms with Gasteiger partial charge in [0.2, 0.25) is 5.91 Å². The molecule has 2 saturated heterocycles. The van der Waals surface area contributed by atoms with Crippen LogP contribution in [-0.4, -0.2) is 67.2 Å². The van der Waals surface area contributed by atoms with Gasteiger partial charge in [0.15, 0.2) is 0 Å². The molecule has 1 N–H and O–H groups in total. The molecule has 0 radical (unpaired) electrons. The highest BCUT2D eigenvalue weighted by Gasteiger charge is 2.41. The molecule has 0 aromatic heterocycles. The predicted molar refractivity (Wildman–Crippen MR) is 97.5 cm³/mol. The van der Waals surface area contributed by atoms with E-state index >= 15 is 0 Å². The SMILES string of the molecule is CC(CC(=O)N1CCN(C(C)C(F)(F)F)CC1)C1CCNCC1.Cl.Cl. The van der Waals surface area contributed by atoms with Gasteiger partial charge in [0.05, 0.1) is 0 Å². The van der Waals surface area contributed by atoms with Crippen LogP contribution in [0.15, 0.2) is 0 Å². The van der Waals surface area contributed by atoms with Gasteiger partial charge >= 0.3 is 6.18 Å². The van der Waals surface area contributed by atoms with Gasteiger partial charge in [0.1, 0.15) is 6.04 Å². The summed E-state index contributed by atoms with van der Waals surface area (Å²) in [6.45, 7) is 6.74. The number of piperazine rings is 1. The van der Waals surface area contributed by atoms with E-state index < -0.39 is 12.2 Å². The van der Waals surface area contributed by atoms with Gasteiger partial charge in [0.25, 0.3) is 0 Å². The van der Waals surface area contributed by atoms with Crippen LogP contribution in [0.1, 0.15) is 33.1 Å². The van der Waals surface area contributed by atoms with Gasteiger partial charge in [0, 0.05) is 32.6 Å². The second kappa shape index (κ2) is 10.8. The molecule has 0 spiro atoms. The largest absolute Gasteiger partial charge is 0.403 e. The van der Waals surface area contributed by atoms with Crippen LogP contribution in [0.2, 0.25) is 0 Å². The first kappa shape index (κ1) is 24.8. The molecule has 0 bridgehead atoms. The van der Waals surface area contributed by atoms with Crippen LogP contribution >= 0.6 is 24.8 Å². The minimum atomic E-state index is -4.20. The van der Waals surface area contributed by atoms with Crippen LogP contribution < -0.4 is 5.32 Å². The maximum Gasteiger partial charge on any atom is 0.403 e. The van der Waals surface area contributed by atoms with Crippen molar-refractivity contribution in [2.24, 2.45) is 11.8 Å². The second-order valence-corrected chi connectivity index (χ2v) is 6.90. The van der Waals surface area contributed by atoms with Crippen LogP contribution in [0.25, 0.3) is 0 Å². The molecule has 0 saturated carbocycles. The number of piperidine rings is 1. The summed E-state index contributed by atoms with van der Waals surface area (Å²) in [5.41, 5.74) is 0. The van der Waals surface area contributed by atoms with Crippen molar-refractivity contribution in [2.75, 3.05) is 39.3 Å². The first-order valence-electron chi connectivity index (χ1n) is 8.58. The molecule has 150 valence electrons. The number of carbonyl (C=O) groups excluding carboxylic acids is 1. The summed E-state index contributed by atoms with van der Waals surface area (Å²) in [4.78, 5) is 15.5. The van der Waals surface area contributed by atoms with E-state index in [1.807, 2.05) is 0 Å². The highest BCUT2D eigenvalue weighted by molar-refractivity contribution is 5.85. The molecule has 2 heterocycles. The summed E-state index contributed by atoms with van der Waals surface area (Å²) >= 11 is 0. The number of carbonyl (C=O) groups is 1. The van der Waals surface area contributed by atoms with Gasteiger partial charge < -0.3 is 10.2 Å². The highest BCUT2D eigenvalue weighted by atomic mass is 35.5. The van der Waals surface area contributed by atoms with E-state index in [0.29, 0.717) is 44.4 Å². The number of hydrogen-bond donors (Lipinski definition) is 1. The minimum Gasteiger partial charge on any atom is -0.340 e. The fraction of sp³-hybridized carbons (Fsp3) is 0.938. The van der Waals surface area contributed by atoms with Crippen molar-refractivity contribution in [1.82, 2.24) is 15.1 Å². The number of rotatable bonds is 4. The van der Waals surface area contributed by atoms with Gasteiger partial charge in [-0.15, -0.1) is 24.8 Å². The lowest BCUT2D eigenvalue weighted by molar-refractivity contribution is -0.183. The quantitative estimate of drug-likeness (QED) is 0.777. The van der Waals surface area contributed by atoms with E-state index in [1.54, 1.807) is 4.90 Å². The average molecular weight is 408 g/mol. The van der Waals surface area contributed by atoms with Gasteiger partial charge in [-0.3, -0.25) is 9.69 Å². The van der Waals surface area contributed by atoms with Crippen LogP contribution in [0.4, 0.5) is 13.2 Å². The van der Waals surface area contributed by atoms with Crippen molar-refractivity contribution in [2.45, 2.75) is 45.3 Å². The summed E-state index contributed by atoms with van der Waals surface area (Å²) in [7, 11) is 0. The summed E-state index contributed by atoms with van der Waals surface area (Å²) in [5.74, 6) is 1.01. The Morgan fingerprint density at radius 2 is 1.60 bits per heavy atom. The molecule has 2 fully saturated rings. The number of nitrogens with one attached hydrogen (secondary N) is 1. The monoisotopic (exact) mass is 407 g/mol. The van der Waals surface area contributed by atoms with Crippen molar-refractivity contribution in [3.8, 4) is 0 Å². The maximum absolute atomic E-state index is 12.7. The standard InChI is InChI=1S/C16H28F3N3O.2ClH/c1-12(14-3-5-20-6-4-14)11-15(23)22-9-7-21(8-10-22)13(2)16(17,18)19;;/h12-14,20H,3-11H2,1-2H3;2*1H. The zero-order chi connectivity index (χ0) is 17.0. The highest BCUT2D eigenvalue weighted by Crippen LogP contribution is 2.27. The third kappa shape index (κ3) is 7.12. The molecule has 0 aromatic rings. The second-order valence-electron chi connectivity index (χ2n) is 6.90. The molecule has 2 rings (SSSR count). The first-order valence-corrected chi connectivity index (χ1v) is 8.58. The molecule has 2 atom stereocenters. The molecule has 2 aliphatic rings. The Balaban J connectivity index is 0.00000288. The van der Waals surface area contributed by atoms with Crippen molar-refractivity contribution < 1.29 is 18.0 Å². The van der Waals surface area contributed by atoms with Crippen LogP contribution in [0.3, 0.4) is 0 Å². The van der Waals surface area contributed by atoms with Gasteiger partial charge in [-0.1, -0.05) is 6.92 Å². The average Bonchev–Trinajstić information content (AvgIpc) is 2.54. The van der Waals surface area contributed by atoms with E-state index in [4.69, 9.17) is 0 Å². The fourth-order valence-electron chi connectivity index (χ4n) is 3.55. The molecule has 9 heteroatoms. The summed E-state index contributed by atoms with van der Waals surface area (Å²) in [5, 5.41) is 3.32. The lowest BCUT2D eigenvalue weighted by atomic mass is 9.84. The molecule has 1 amide bonds. The molecule has 25 heavy (non-hydrogen) atoms. The van der Waals surface area contributed by atoms with Crippen LogP contribution in [-0.2, 0) is 4.79 Å². The normalized spacial score (nSPS) is 22.5. The Kier molecular flexibility index (Phi) is 10.7. The van der Waals surface area contributed by atoms with Crippen molar-refractivity contribution in [1.29, 1.82) is 0 Å². The Morgan fingerprint density at radius 3 is 2.08 bits per heavy atom. The van der Waals surface area contributed by atoms with Gasteiger partial charge in [-0.2, -0.15) is 13.2 Å². The molecule has 2 aliphatic heterocycles.